The molecule has 144 valence electrons. The molecular weight excluding hydrogens is 357 g/mol. The zero-order chi connectivity index (χ0) is 20.5. The summed E-state index contributed by atoms with van der Waals surface area (Å²) in [7, 11) is -1.48. The molecule has 0 amide bonds. The molecule has 3 nitrogen and oxygen atoms in total. The molecule has 2 aliphatic rings. The molecule has 6 rings (SSSR count). The van der Waals surface area contributed by atoms with Gasteiger partial charge in [0.15, 0.2) is 0 Å². The molecule has 1 aromatic heterocycles. The number of para-hydroxylation sites is 1. The van der Waals surface area contributed by atoms with Crippen molar-refractivity contribution in [1.82, 2.24) is 4.57 Å². The van der Waals surface area contributed by atoms with Crippen molar-refractivity contribution in [2.45, 2.75) is 45.4 Å². The second-order valence-electron chi connectivity index (χ2n) is 9.83. The summed E-state index contributed by atoms with van der Waals surface area (Å²) in [4.78, 5) is 0. The highest BCUT2D eigenvalue weighted by Crippen LogP contribution is 2.54. The van der Waals surface area contributed by atoms with Gasteiger partial charge in [0.2, 0.25) is 0 Å². The minimum absolute atomic E-state index is 0.104. The number of hydrogen-bond acceptors (Lipinski definition) is 2. The van der Waals surface area contributed by atoms with E-state index in [1.807, 2.05) is 12.1 Å². The number of rotatable bonds is 1. The highest BCUT2D eigenvalue weighted by atomic mass is 16.4. The molecule has 0 fully saturated rings. The van der Waals surface area contributed by atoms with Crippen LogP contribution in [0.4, 0.5) is 0 Å². The van der Waals surface area contributed by atoms with Crippen molar-refractivity contribution in [2.24, 2.45) is 0 Å². The van der Waals surface area contributed by atoms with Gasteiger partial charge < -0.3 is 14.6 Å². The lowest BCUT2D eigenvalue weighted by molar-refractivity contribution is 0.425. The quantitative estimate of drug-likeness (QED) is 0.489. The molecule has 3 aromatic carbocycles. The Labute approximate surface area is 170 Å². The summed E-state index contributed by atoms with van der Waals surface area (Å²) in [6, 6.07) is 15.2. The van der Waals surface area contributed by atoms with Crippen LogP contribution >= 0.6 is 0 Å². The van der Waals surface area contributed by atoms with E-state index in [-0.39, 0.29) is 10.8 Å². The maximum atomic E-state index is 10.0. The van der Waals surface area contributed by atoms with Crippen LogP contribution in [0, 0.1) is 6.92 Å². The molecule has 2 N–H and O–H groups in total. The molecule has 0 unspecified atom stereocenters. The second kappa shape index (κ2) is 4.95. The first-order chi connectivity index (χ1) is 13.6. The average molecular weight is 381 g/mol. The normalized spacial score (nSPS) is 17.3. The molecule has 0 spiro atoms. The summed E-state index contributed by atoms with van der Waals surface area (Å²) in [5.74, 6) is 0. The average Bonchev–Trinajstić information content (AvgIpc) is 2.98. The third-order valence-electron chi connectivity index (χ3n) is 7.38. The molecular formula is C25H24BNO2. The van der Waals surface area contributed by atoms with E-state index in [0.29, 0.717) is 5.46 Å². The number of fused-ring (bicyclic) bond motifs is 1. The number of aryl methyl sites for hydroxylation is 1. The Kier molecular flexibility index (Phi) is 2.95. The van der Waals surface area contributed by atoms with Crippen LogP contribution in [0.5, 0.6) is 0 Å². The van der Waals surface area contributed by atoms with Crippen molar-refractivity contribution < 1.29 is 10.0 Å². The summed E-state index contributed by atoms with van der Waals surface area (Å²) in [6.45, 7) is 11.3. The fraction of sp³-hybridized carbons (Fsp3) is 0.280. The van der Waals surface area contributed by atoms with Gasteiger partial charge in [-0.05, 0) is 40.7 Å². The molecule has 0 bridgehead atoms. The van der Waals surface area contributed by atoms with Crippen LogP contribution in [0.25, 0.3) is 27.5 Å². The van der Waals surface area contributed by atoms with Crippen LogP contribution in [0.15, 0.2) is 42.5 Å². The Morgan fingerprint density at radius 2 is 1.31 bits per heavy atom. The lowest BCUT2D eigenvalue weighted by Crippen LogP contribution is -2.36. The minimum atomic E-state index is -1.48. The van der Waals surface area contributed by atoms with E-state index in [4.69, 9.17) is 0 Å². The zero-order valence-electron chi connectivity index (χ0n) is 17.5. The molecule has 2 aliphatic heterocycles. The molecule has 0 atom stereocenters. The second-order valence-corrected chi connectivity index (χ2v) is 9.83. The highest BCUT2D eigenvalue weighted by Gasteiger charge is 2.43. The first-order valence-electron chi connectivity index (χ1n) is 10.3. The topological polar surface area (TPSA) is 45.4 Å². The predicted molar refractivity (Wildman–Crippen MR) is 120 cm³/mol. The molecule has 0 radical (unpaired) electrons. The first kappa shape index (κ1) is 17.3. The van der Waals surface area contributed by atoms with Crippen LogP contribution in [-0.4, -0.2) is 21.7 Å². The monoisotopic (exact) mass is 381 g/mol. The molecule has 4 aromatic rings. The van der Waals surface area contributed by atoms with Gasteiger partial charge in [-0.25, -0.2) is 0 Å². The Balaban J connectivity index is 2.00. The summed E-state index contributed by atoms with van der Waals surface area (Å²) >= 11 is 0. The van der Waals surface area contributed by atoms with Crippen LogP contribution in [-0.2, 0) is 10.8 Å². The van der Waals surface area contributed by atoms with Gasteiger partial charge in [0.1, 0.15) is 0 Å². The molecule has 0 saturated carbocycles. The maximum absolute atomic E-state index is 10.0. The van der Waals surface area contributed by atoms with Gasteiger partial charge in [-0.1, -0.05) is 69.7 Å². The lowest BCUT2D eigenvalue weighted by Gasteiger charge is -2.42. The summed E-state index contributed by atoms with van der Waals surface area (Å²) < 4.78 is 2.45. The van der Waals surface area contributed by atoms with Crippen molar-refractivity contribution in [2.75, 3.05) is 0 Å². The molecule has 4 heteroatoms. The Bertz CT molecular complexity index is 1390. The first-order valence-corrected chi connectivity index (χ1v) is 10.3. The van der Waals surface area contributed by atoms with Crippen molar-refractivity contribution in [1.29, 1.82) is 0 Å². The number of benzene rings is 3. The maximum Gasteiger partial charge on any atom is 0.488 e. The van der Waals surface area contributed by atoms with Gasteiger partial charge in [-0.2, -0.15) is 0 Å². The third kappa shape index (κ3) is 1.83. The van der Waals surface area contributed by atoms with E-state index < -0.39 is 7.12 Å². The Morgan fingerprint density at radius 1 is 0.759 bits per heavy atom. The number of hydrogen-bond donors (Lipinski definition) is 2. The van der Waals surface area contributed by atoms with E-state index in [2.05, 4.69) is 69.5 Å². The lowest BCUT2D eigenvalue weighted by atomic mass is 9.67. The van der Waals surface area contributed by atoms with E-state index in [1.165, 1.54) is 44.4 Å². The molecule has 3 heterocycles. The minimum Gasteiger partial charge on any atom is -0.423 e. The predicted octanol–water partition coefficient (Wildman–Crippen LogP) is 4.05. The highest BCUT2D eigenvalue weighted by molar-refractivity contribution is 6.59. The van der Waals surface area contributed by atoms with Crippen LogP contribution in [0.2, 0.25) is 0 Å². The van der Waals surface area contributed by atoms with Gasteiger partial charge >= 0.3 is 7.12 Å². The number of aromatic nitrogens is 1. The van der Waals surface area contributed by atoms with Gasteiger partial charge in [0, 0.05) is 21.6 Å². The van der Waals surface area contributed by atoms with Crippen LogP contribution < -0.4 is 5.46 Å². The van der Waals surface area contributed by atoms with E-state index >= 15 is 0 Å². The van der Waals surface area contributed by atoms with Crippen molar-refractivity contribution in [3.63, 3.8) is 0 Å². The third-order valence-corrected chi connectivity index (χ3v) is 7.38. The molecule has 0 aliphatic carbocycles. The van der Waals surface area contributed by atoms with Gasteiger partial charge in [-0.3, -0.25) is 0 Å². The summed E-state index contributed by atoms with van der Waals surface area (Å²) in [5, 5.41) is 22.3. The van der Waals surface area contributed by atoms with E-state index in [1.54, 1.807) is 0 Å². The standard InChI is InChI=1S/C25H24BNO2/c1-13-9-15-16-11-14(26(28)29)12-20-22(16)27-21(15)19(10-13)24(2,3)17-7-6-8-18(23(17)27)25(20,4)5/h6-12,28-29H,1-5H3. The summed E-state index contributed by atoms with van der Waals surface area (Å²) in [5.41, 5.74) is 10.4. The molecule has 0 saturated heterocycles. The molecule has 29 heavy (non-hydrogen) atoms. The van der Waals surface area contributed by atoms with Crippen LogP contribution in [0.1, 0.15) is 55.5 Å². The van der Waals surface area contributed by atoms with Crippen molar-refractivity contribution in [3.8, 4) is 5.69 Å². The fourth-order valence-electron chi connectivity index (χ4n) is 5.85. The van der Waals surface area contributed by atoms with Gasteiger partial charge in [0.25, 0.3) is 0 Å². The van der Waals surface area contributed by atoms with Crippen molar-refractivity contribution in [3.05, 3.63) is 70.3 Å². The Morgan fingerprint density at radius 3 is 1.90 bits per heavy atom. The van der Waals surface area contributed by atoms with E-state index in [0.717, 1.165) is 10.9 Å². The Hall–Kier alpha value is -2.56. The SMILES string of the molecule is Cc1cc2c3c(c1)c1cc(B(O)O)cc4c1n3-c1c(cccc1C4(C)C)C2(C)C. The van der Waals surface area contributed by atoms with Crippen LogP contribution in [0.3, 0.4) is 0 Å². The van der Waals surface area contributed by atoms with E-state index in [9.17, 15) is 10.0 Å². The largest absolute Gasteiger partial charge is 0.488 e. The zero-order valence-corrected chi connectivity index (χ0v) is 17.5. The van der Waals surface area contributed by atoms with Gasteiger partial charge in [0.05, 0.1) is 16.7 Å². The smallest absolute Gasteiger partial charge is 0.423 e. The van der Waals surface area contributed by atoms with Crippen molar-refractivity contribution >= 4 is 34.4 Å². The summed E-state index contributed by atoms with van der Waals surface area (Å²) in [6.07, 6.45) is 0. The number of nitrogens with zero attached hydrogens (tertiary/aromatic N) is 1. The van der Waals surface area contributed by atoms with Gasteiger partial charge in [-0.15, -0.1) is 0 Å². The fourth-order valence-corrected chi connectivity index (χ4v) is 5.85.